The van der Waals surface area contributed by atoms with Crippen LogP contribution in [-0.2, 0) is 0 Å². The predicted molar refractivity (Wildman–Crippen MR) is 119 cm³/mol. The van der Waals surface area contributed by atoms with Gasteiger partial charge in [-0.05, 0) is 46.0 Å². The van der Waals surface area contributed by atoms with Crippen LogP contribution in [0.3, 0.4) is 0 Å². The fourth-order valence-electron chi connectivity index (χ4n) is 3.34. The highest BCUT2D eigenvalue weighted by molar-refractivity contribution is 7.22. The van der Waals surface area contributed by atoms with Gasteiger partial charge >= 0.3 is 0 Å². The molecule has 2 heterocycles. The van der Waals surface area contributed by atoms with Crippen molar-refractivity contribution in [2.45, 2.75) is 39.5 Å². The second kappa shape index (κ2) is 7.28. The van der Waals surface area contributed by atoms with Crippen LogP contribution in [0.1, 0.15) is 50.7 Å². The fraction of sp³-hybridized carbons (Fsp3) is 0.240. The lowest BCUT2D eigenvalue weighted by Gasteiger charge is -2.13. The molecule has 0 amide bonds. The number of hydrogen-bond donors (Lipinski definition) is 0. The normalized spacial score (nSPS) is 11.6. The number of hydrogen-bond acceptors (Lipinski definition) is 2. The minimum atomic E-state index is 0.531. The summed E-state index contributed by atoms with van der Waals surface area (Å²) in [7, 11) is 0. The van der Waals surface area contributed by atoms with Gasteiger partial charge in [-0.1, -0.05) is 76.2 Å². The van der Waals surface area contributed by atoms with Crippen molar-refractivity contribution >= 4 is 21.4 Å². The van der Waals surface area contributed by atoms with E-state index in [4.69, 9.17) is 0 Å². The summed E-state index contributed by atoms with van der Waals surface area (Å²) >= 11 is 1.83. The minimum Gasteiger partial charge on any atom is -0.255 e. The van der Waals surface area contributed by atoms with E-state index < -0.39 is 0 Å². The Morgan fingerprint density at radius 3 is 2.04 bits per heavy atom. The molecule has 0 radical (unpaired) electrons. The Hall–Kier alpha value is -2.45. The summed E-state index contributed by atoms with van der Waals surface area (Å²) in [6.07, 6.45) is 2.02. The van der Waals surface area contributed by atoms with E-state index in [2.05, 4.69) is 87.3 Å². The van der Waals surface area contributed by atoms with Gasteiger partial charge in [0.15, 0.2) is 0 Å². The Morgan fingerprint density at radius 1 is 0.741 bits per heavy atom. The molecule has 0 aliphatic carbocycles. The topological polar surface area (TPSA) is 12.9 Å². The first kappa shape index (κ1) is 17.9. The van der Waals surface area contributed by atoms with Gasteiger partial charge in [0.1, 0.15) is 0 Å². The first-order chi connectivity index (χ1) is 13.0. The maximum absolute atomic E-state index is 4.69. The van der Waals surface area contributed by atoms with Gasteiger partial charge < -0.3 is 0 Å². The van der Waals surface area contributed by atoms with Crippen molar-refractivity contribution in [1.29, 1.82) is 0 Å². The number of nitrogens with zero attached hydrogens (tertiary/aromatic N) is 1. The molecule has 0 saturated heterocycles. The van der Waals surface area contributed by atoms with Crippen LogP contribution in [0.5, 0.6) is 0 Å². The van der Waals surface area contributed by atoms with Gasteiger partial charge in [-0.15, -0.1) is 11.3 Å². The molecule has 0 N–H and O–H groups in total. The van der Waals surface area contributed by atoms with Gasteiger partial charge in [0.25, 0.3) is 0 Å². The lowest BCUT2D eigenvalue weighted by molar-refractivity contribution is 0.835. The van der Waals surface area contributed by atoms with Crippen LogP contribution in [0.15, 0.2) is 66.9 Å². The molecule has 0 aliphatic heterocycles. The molecular weight excluding hydrogens is 346 g/mol. The van der Waals surface area contributed by atoms with Crippen molar-refractivity contribution < 1.29 is 0 Å². The molecule has 0 unspecified atom stereocenters. The maximum Gasteiger partial charge on any atom is 0.0709 e. The molecule has 4 aromatic rings. The van der Waals surface area contributed by atoms with Crippen molar-refractivity contribution in [2.24, 2.45) is 0 Å². The molecule has 0 spiro atoms. The number of rotatable bonds is 4. The van der Waals surface area contributed by atoms with Crippen LogP contribution in [0.4, 0.5) is 0 Å². The highest BCUT2D eigenvalue weighted by atomic mass is 32.1. The van der Waals surface area contributed by atoms with E-state index in [9.17, 15) is 0 Å². The van der Waals surface area contributed by atoms with E-state index in [1.54, 1.807) is 0 Å². The van der Waals surface area contributed by atoms with E-state index in [0.29, 0.717) is 11.8 Å². The molecule has 2 aromatic carbocycles. The molecule has 1 nitrogen and oxygen atoms in total. The third kappa shape index (κ3) is 3.68. The molecule has 136 valence electrons. The average molecular weight is 372 g/mol. The molecule has 27 heavy (non-hydrogen) atoms. The number of benzene rings is 2. The summed E-state index contributed by atoms with van der Waals surface area (Å²) in [4.78, 5) is 6.01. The predicted octanol–water partition coefficient (Wildman–Crippen LogP) is 7.88. The van der Waals surface area contributed by atoms with E-state index in [0.717, 1.165) is 11.3 Å². The summed E-state index contributed by atoms with van der Waals surface area (Å²) in [6, 6.07) is 22.0. The molecular formula is C25H25NS. The molecule has 0 saturated carbocycles. The van der Waals surface area contributed by atoms with Crippen molar-refractivity contribution in [1.82, 2.24) is 4.98 Å². The Labute approximate surface area is 165 Å². The maximum atomic E-state index is 4.69. The highest BCUT2D eigenvalue weighted by Gasteiger charge is 2.12. The summed E-state index contributed by atoms with van der Waals surface area (Å²) < 4.78 is 1.24. The highest BCUT2D eigenvalue weighted by Crippen LogP contribution is 2.37. The SMILES string of the molecule is CC(C)c1cc(-c2cc3cc(-c4ccccc4)ncc3s2)cc(C(C)C)c1. The monoisotopic (exact) mass is 371 g/mol. The largest absolute Gasteiger partial charge is 0.255 e. The molecule has 2 heteroatoms. The molecule has 0 atom stereocenters. The zero-order valence-corrected chi connectivity index (χ0v) is 17.2. The van der Waals surface area contributed by atoms with E-state index in [1.807, 2.05) is 23.6 Å². The number of thiophene rings is 1. The average Bonchev–Trinajstić information content (AvgIpc) is 3.11. The Kier molecular flexibility index (Phi) is 4.84. The first-order valence-electron chi connectivity index (χ1n) is 9.61. The second-order valence-corrected chi connectivity index (χ2v) is 8.87. The quantitative estimate of drug-likeness (QED) is 0.355. The standard InChI is InChI=1S/C25H25NS/c1-16(2)19-10-20(17(3)4)12-21(11-19)24-14-22-13-23(26-15-25(22)27-24)18-8-6-5-7-9-18/h5-17H,1-4H3. The Morgan fingerprint density at radius 2 is 1.41 bits per heavy atom. The van der Waals surface area contributed by atoms with Crippen molar-refractivity contribution in [3.8, 4) is 21.7 Å². The van der Waals surface area contributed by atoms with Gasteiger partial charge in [0, 0.05) is 16.6 Å². The molecule has 0 bridgehead atoms. The van der Waals surface area contributed by atoms with Crippen molar-refractivity contribution in [2.75, 3.05) is 0 Å². The summed E-state index contributed by atoms with van der Waals surface area (Å²) in [5.41, 5.74) is 6.35. The lowest BCUT2D eigenvalue weighted by atomic mass is 9.92. The Balaban J connectivity index is 1.80. The third-order valence-electron chi connectivity index (χ3n) is 5.07. The molecule has 4 rings (SSSR count). The fourth-order valence-corrected chi connectivity index (χ4v) is 4.34. The smallest absolute Gasteiger partial charge is 0.0709 e. The van der Waals surface area contributed by atoms with Crippen molar-refractivity contribution in [3.05, 3.63) is 78.0 Å². The van der Waals surface area contributed by atoms with Crippen LogP contribution in [-0.4, -0.2) is 4.98 Å². The zero-order chi connectivity index (χ0) is 19.0. The minimum absolute atomic E-state index is 0.531. The first-order valence-corrected chi connectivity index (χ1v) is 10.4. The van der Waals surface area contributed by atoms with Crippen molar-refractivity contribution in [3.63, 3.8) is 0 Å². The van der Waals surface area contributed by atoms with Gasteiger partial charge in [0.2, 0.25) is 0 Å². The summed E-state index contributed by atoms with van der Waals surface area (Å²) in [6.45, 7) is 9.07. The number of fused-ring (bicyclic) bond motifs is 1. The number of pyridine rings is 1. The summed E-state index contributed by atoms with van der Waals surface area (Å²) in [5.74, 6) is 1.06. The number of aromatic nitrogens is 1. The second-order valence-electron chi connectivity index (χ2n) is 7.78. The van der Waals surface area contributed by atoms with E-state index in [-0.39, 0.29) is 0 Å². The van der Waals surface area contributed by atoms with Gasteiger partial charge in [-0.2, -0.15) is 0 Å². The van der Waals surface area contributed by atoms with Crippen LogP contribution in [0.2, 0.25) is 0 Å². The Bertz CT molecular complexity index is 1050. The zero-order valence-electron chi connectivity index (χ0n) is 16.4. The summed E-state index contributed by atoms with van der Waals surface area (Å²) in [5, 5.41) is 1.27. The lowest BCUT2D eigenvalue weighted by Crippen LogP contribution is -1.94. The van der Waals surface area contributed by atoms with Gasteiger partial charge in [-0.25, -0.2) is 0 Å². The van der Waals surface area contributed by atoms with Crippen LogP contribution in [0, 0.1) is 0 Å². The van der Waals surface area contributed by atoms with Crippen LogP contribution < -0.4 is 0 Å². The molecule has 0 fully saturated rings. The van der Waals surface area contributed by atoms with Gasteiger partial charge in [-0.3, -0.25) is 4.98 Å². The molecule has 0 aliphatic rings. The molecule has 2 aromatic heterocycles. The van der Waals surface area contributed by atoms with E-state index >= 15 is 0 Å². The van der Waals surface area contributed by atoms with Gasteiger partial charge in [0.05, 0.1) is 10.4 Å². The van der Waals surface area contributed by atoms with E-state index in [1.165, 1.54) is 31.7 Å². The third-order valence-corrected chi connectivity index (χ3v) is 6.20. The van der Waals surface area contributed by atoms with Crippen LogP contribution >= 0.6 is 11.3 Å². The van der Waals surface area contributed by atoms with Crippen LogP contribution in [0.25, 0.3) is 31.8 Å².